The lowest BCUT2D eigenvalue weighted by atomic mass is 10.1. The van der Waals surface area contributed by atoms with Crippen molar-refractivity contribution in [3.63, 3.8) is 0 Å². The summed E-state index contributed by atoms with van der Waals surface area (Å²) in [6.07, 6.45) is 3.10. The number of carboxylic acids is 1. The van der Waals surface area contributed by atoms with Gasteiger partial charge < -0.3 is 9.84 Å². The van der Waals surface area contributed by atoms with Crippen molar-refractivity contribution in [3.05, 3.63) is 41.5 Å². The summed E-state index contributed by atoms with van der Waals surface area (Å²) in [7, 11) is 0. The highest BCUT2D eigenvalue weighted by Crippen LogP contribution is 2.15. The van der Waals surface area contributed by atoms with Gasteiger partial charge in [0, 0.05) is 25.7 Å². The van der Waals surface area contributed by atoms with Crippen LogP contribution in [0.1, 0.15) is 18.1 Å². The predicted molar refractivity (Wildman–Crippen MR) is 73.8 cm³/mol. The Labute approximate surface area is 113 Å². The van der Waals surface area contributed by atoms with E-state index in [9.17, 15) is 4.79 Å². The van der Waals surface area contributed by atoms with Crippen LogP contribution in [0.4, 0.5) is 0 Å². The zero-order valence-corrected chi connectivity index (χ0v) is 11.1. The first-order chi connectivity index (χ1) is 9.15. The van der Waals surface area contributed by atoms with Gasteiger partial charge in [0.05, 0.1) is 12.7 Å². The van der Waals surface area contributed by atoms with Crippen molar-refractivity contribution in [1.82, 2.24) is 4.90 Å². The topological polar surface area (TPSA) is 49.8 Å². The van der Waals surface area contributed by atoms with Crippen LogP contribution in [-0.2, 0) is 16.1 Å². The fourth-order valence-corrected chi connectivity index (χ4v) is 2.28. The van der Waals surface area contributed by atoms with Crippen molar-refractivity contribution in [2.45, 2.75) is 19.6 Å². The van der Waals surface area contributed by atoms with Crippen LogP contribution in [0.2, 0.25) is 0 Å². The Morgan fingerprint density at radius 2 is 2.32 bits per heavy atom. The van der Waals surface area contributed by atoms with Crippen molar-refractivity contribution in [2.24, 2.45) is 0 Å². The smallest absolute Gasteiger partial charge is 0.328 e. The third-order valence-electron chi connectivity index (χ3n) is 3.18. The molecule has 102 valence electrons. The summed E-state index contributed by atoms with van der Waals surface area (Å²) in [5.74, 6) is -0.921. The molecule has 0 amide bonds. The highest BCUT2D eigenvalue weighted by Gasteiger charge is 2.17. The molecule has 1 aromatic carbocycles. The second-order valence-corrected chi connectivity index (χ2v) is 4.79. The summed E-state index contributed by atoms with van der Waals surface area (Å²) >= 11 is 0. The number of carboxylic acid groups (broad SMARTS) is 1. The fourth-order valence-electron chi connectivity index (χ4n) is 2.28. The van der Waals surface area contributed by atoms with Crippen LogP contribution in [-0.4, -0.2) is 41.8 Å². The van der Waals surface area contributed by atoms with Crippen LogP contribution in [0.15, 0.2) is 30.3 Å². The van der Waals surface area contributed by atoms with Crippen molar-refractivity contribution in [2.75, 3.05) is 19.7 Å². The maximum Gasteiger partial charge on any atom is 0.328 e. The molecule has 4 nitrogen and oxygen atoms in total. The van der Waals surface area contributed by atoms with Gasteiger partial charge in [-0.1, -0.05) is 24.3 Å². The molecule has 4 heteroatoms. The monoisotopic (exact) mass is 261 g/mol. The van der Waals surface area contributed by atoms with E-state index >= 15 is 0 Å². The zero-order chi connectivity index (χ0) is 13.7. The fraction of sp³-hybridized carbons (Fsp3) is 0.400. The van der Waals surface area contributed by atoms with Gasteiger partial charge in [0.25, 0.3) is 0 Å². The molecule has 1 aromatic rings. The SMILES string of the molecule is CC1CN(Cc2ccccc2/C=C/C(=O)O)CCO1. The van der Waals surface area contributed by atoms with Gasteiger partial charge in [-0.25, -0.2) is 4.79 Å². The van der Waals surface area contributed by atoms with E-state index in [1.165, 1.54) is 6.08 Å². The minimum absolute atomic E-state index is 0.260. The van der Waals surface area contributed by atoms with Gasteiger partial charge in [-0.05, 0) is 24.1 Å². The lowest BCUT2D eigenvalue weighted by Crippen LogP contribution is -2.40. The molecule has 0 bridgehead atoms. The van der Waals surface area contributed by atoms with Gasteiger partial charge in [-0.15, -0.1) is 0 Å². The Kier molecular flexibility index (Phi) is 4.71. The molecule has 1 N–H and O–H groups in total. The lowest BCUT2D eigenvalue weighted by molar-refractivity contribution is -0.131. The van der Waals surface area contributed by atoms with Crippen molar-refractivity contribution in [3.8, 4) is 0 Å². The summed E-state index contributed by atoms with van der Waals surface area (Å²) in [4.78, 5) is 12.9. The standard InChI is InChI=1S/C15H19NO3/c1-12-10-16(8-9-19-12)11-14-5-3-2-4-13(14)6-7-15(17)18/h2-7,12H,8-11H2,1H3,(H,17,18)/b7-6+. The number of morpholine rings is 1. The molecule has 1 saturated heterocycles. The second-order valence-electron chi connectivity index (χ2n) is 4.79. The minimum atomic E-state index is -0.921. The van der Waals surface area contributed by atoms with Crippen LogP contribution >= 0.6 is 0 Å². The molecular weight excluding hydrogens is 242 g/mol. The largest absolute Gasteiger partial charge is 0.478 e. The molecule has 19 heavy (non-hydrogen) atoms. The van der Waals surface area contributed by atoms with Gasteiger partial charge in [0.15, 0.2) is 0 Å². The molecule has 1 atom stereocenters. The summed E-state index contributed by atoms with van der Waals surface area (Å²) < 4.78 is 5.52. The third kappa shape index (κ3) is 4.19. The van der Waals surface area contributed by atoms with E-state index in [0.717, 1.165) is 37.4 Å². The first kappa shape index (κ1) is 13.8. The Hall–Kier alpha value is -1.65. The van der Waals surface area contributed by atoms with Crippen LogP contribution in [0.5, 0.6) is 0 Å². The van der Waals surface area contributed by atoms with Crippen molar-refractivity contribution in [1.29, 1.82) is 0 Å². The Morgan fingerprint density at radius 1 is 1.53 bits per heavy atom. The third-order valence-corrected chi connectivity index (χ3v) is 3.18. The summed E-state index contributed by atoms with van der Waals surface area (Å²) in [6, 6.07) is 7.89. The number of carbonyl (C=O) groups is 1. The summed E-state index contributed by atoms with van der Waals surface area (Å²) in [5, 5.41) is 8.71. The lowest BCUT2D eigenvalue weighted by Gasteiger charge is -2.31. The second kappa shape index (κ2) is 6.50. The van der Waals surface area contributed by atoms with Gasteiger partial charge >= 0.3 is 5.97 Å². The Balaban J connectivity index is 2.09. The van der Waals surface area contributed by atoms with Crippen LogP contribution in [0, 0.1) is 0 Å². The highest BCUT2D eigenvalue weighted by molar-refractivity contribution is 5.85. The molecule has 0 aliphatic carbocycles. The summed E-state index contributed by atoms with van der Waals surface area (Å²) in [6.45, 7) is 5.49. The number of rotatable bonds is 4. The molecule has 1 aliphatic heterocycles. The van der Waals surface area contributed by atoms with Crippen LogP contribution in [0.25, 0.3) is 6.08 Å². The maximum atomic E-state index is 10.6. The Bertz CT molecular complexity index is 470. The predicted octanol–water partition coefficient (Wildman–Crippen LogP) is 2.01. The molecule has 0 saturated carbocycles. The van der Waals surface area contributed by atoms with E-state index in [2.05, 4.69) is 11.8 Å². The highest BCUT2D eigenvalue weighted by atomic mass is 16.5. The van der Waals surface area contributed by atoms with Crippen molar-refractivity contribution >= 4 is 12.0 Å². The molecule has 1 unspecified atom stereocenters. The number of benzene rings is 1. The number of aliphatic carboxylic acids is 1. The average molecular weight is 261 g/mol. The maximum absolute atomic E-state index is 10.6. The molecule has 0 spiro atoms. The molecule has 2 rings (SSSR count). The van der Waals surface area contributed by atoms with Crippen molar-refractivity contribution < 1.29 is 14.6 Å². The van der Waals surface area contributed by atoms with E-state index in [4.69, 9.17) is 9.84 Å². The zero-order valence-electron chi connectivity index (χ0n) is 11.1. The van der Waals surface area contributed by atoms with E-state index in [-0.39, 0.29) is 6.10 Å². The van der Waals surface area contributed by atoms with E-state index in [1.54, 1.807) is 6.08 Å². The average Bonchev–Trinajstić information content (AvgIpc) is 2.38. The van der Waals surface area contributed by atoms with E-state index in [0.29, 0.717) is 0 Å². The minimum Gasteiger partial charge on any atom is -0.478 e. The first-order valence-electron chi connectivity index (χ1n) is 6.48. The molecule has 0 radical (unpaired) electrons. The molecule has 1 fully saturated rings. The molecule has 0 aromatic heterocycles. The number of hydrogen-bond acceptors (Lipinski definition) is 3. The molecular formula is C15H19NO3. The van der Waals surface area contributed by atoms with E-state index < -0.39 is 5.97 Å². The summed E-state index contributed by atoms with van der Waals surface area (Å²) in [5.41, 5.74) is 2.11. The number of nitrogens with zero attached hydrogens (tertiary/aromatic N) is 1. The molecule has 1 heterocycles. The normalized spacial score (nSPS) is 20.8. The van der Waals surface area contributed by atoms with Crippen LogP contribution in [0.3, 0.4) is 0 Å². The van der Waals surface area contributed by atoms with Gasteiger partial charge in [-0.2, -0.15) is 0 Å². The van der Waals surface area contributed by atoms with Gasteiger partial charge in [0.1, 0.15) is 0 Å². The number of ether oxygens (including phenoxy) is 1. The van der Waals surface area contributed by atoms with Gasteiger partial charge in [-0.3, -0.25) is 4.90 Å². The molecule has 1 aliphatic rings. The number of hydrogen-bond donors (Lipinski definition) is 1. The Morgan fingerprint density at radius 3 is 3.05 bits per heavy atom. The quantitative estimate of drug-likeness (QED) is 0.842. The van der Waals surface area contributed by atoms with Gasteiger partial charge in [0.2, 0.25) is 0 Å². The van der Waals surface area contributed by atoms with E-state index in [1.807, 2.05) is 24.3 Å². The van der Waals surface area contributed by atoms with Crippen LogP contribution < -0.4 is 0 Å². The first-order valence-corrected chi connectivity index (χ1v) is 6.48.